The fourth-order valence-corrected chi connectivity index (χ4v) is 4.47. The molecular formula is C20H16N4O3S. The fraction of sp³-hybridized carbons (Fsp3) is 0.250. The van der Waals surface area contributed by atoms with E-state index in [1.807, 2.05) is 36.4 Å². The van der Waals surface area contributed by atoms with E-state index in [1.165, 1.54) is 11.3 Å². The Labute approximate surface area is 165 Å². The lowest BCUT2D eigenvalue weighted by Crippen LogP contribution is -2.25. The summed E-state index contributed by atoms with van der Waals surface area (Å²) in [6, 6.07) is 11.8. The van der Waals surface area contributed by atoms with Gasteiger partial charge in [0.2, 0.25) is 12.7 Å². The number of thiazole rings is 1. The van der Waals surface area contributed by atoms with Gasteiger partial charge < -0.3 is 19.7 Å². The summed E-state index contributed by atoms with van der Waals surface area (Å²) in [7, 11) is 0. The van der Waals surface area contributed by atoms with Gasteiger partial charge in [-0.1, -0.05) is 29.5 Å². The number of fused-ring (bicyclic) bond motifs is 2. The quantitative estimate of drug-likeness (QED) is 0.687. The number of para-hydroxylation sites is 1. The van der Waals surface area contributed by atoms with Crippen LogP contribution in [0.25, 0.3) is 21.3 Å². The standard InChI is InChI=1S/C20H16N4O3S/c21-10-24-7-6-13(9-24)19(25)23-20-22-18-14(2-1-3-17(18)28-20)12-4-5-15-16(8-12)27-11-26-15/h1-5,8,13H,6-7,9,11H2,(H,22,23,25)/t13-/m0/s1. The number of rotatable bonds is 3. The summed E-state index contributed by atoms with van der Waals surface area (Å²) in [4.78, 5) is 18.8. The predicted octanol–water partition coefficient (Wildman–Crippen LogP) is 3.43. The number of amides is 1. The molecule has 0 radical (unpaired) electrons. The molecule has 140 valence electrons. The molecule has 0 saturated carbocycles. The first kappa shape index (κ1) is 16.8. The van der Waals surface area contributed by atoms with Crippen LogP contribution < -0.4 is 14.8 Å². The number of carbonyl (C=O) groups is 1. The number of hydrogen-bond acceptors (Lipinski definition) is 7. The normalized spacial score (nSPS) is 17.7. The van der Waals surface area contributed by atoms with Gasteiger partial charge in [-0.25, -0.2) is 4.98 Å². The molecular weight excluding hydrogens is 376 g/mol. The molecule has 28 heavy (non-hydrogen) atoms. The SMILES string of the molecule is N#CN1CC[C@H](C(=O)Nc2nc3c(-c4ccc5c(c4)OCO5)cccc3s2)C1. The minimum Gasteiger partial charge on any atom is -0.454 e. The number of nitriles is 1. The lowest BCUT2D eigenvalue weighted by atomic mass is 10.0. The zero-order valence-electron chi connectivity index (χ0n) is 14.8. The molecule has 1 N–H and O–H groups in total. The molecule has 1 atom stereocenters. The second-order valence-corrected chi connectivity index (χ2v) is 7.79. The van der Waals surface area contributed by atoms with E-state index < -0.39 is 0 Å². The maximum Gasteiger partial charge on any atom is 0.231 e. The van der Waals surface area contributed by atoms with Crippen molar-refractivity contribution in [1.82, 2.24) is 9.88 Å². The van der Waals surface area contributed by atoms with Gasteiger partial charge in [-0.3, -0.25) is 4.79 Å². The number of aromatic nitrogens is 1. The van der Waals surface area contributed by atoms with Gasteiger partial charge in [0.25, 0.3) is 0 Å². The molecule has 1 saturated heterocycles. The molecule has 2 aliphatic heterocycles. The Balaban J connectivity index is 1.43. The van der Waals surface area contributed by atoms with E-state index >= 15 is 0 Å². The van der Waals surface area contributed by atoms with Crippen molar-refractivity contribution in [3.05, 3.63) is 36.4 Å². The molecule has 1 fully saturated rings. The molecule has 2 aliphatic rings. The monoisotopic (exact) mass is 392 g/mol. The van der Waals surface area contributed by atoms with E-state index in [9.17, 15) is 4.79 Å². The van der Waals surface area contributed by atoms with Crippen LogP contribution in [0.2, 0.25) is 0 Å². The lowest BCUT2D eigenvalue weighted by Gasteiger charge is -2.08. The second kappa shape index (κ2) is 6.69. The second-order valence-electron chi connectivity index (χ2n) is 6.76. The molecule has 0 unspecified atom stereocenters. The molecule has 7 nitrogen and oxygen atoms in total. The van der Waals surface area contributed by atoms with Crippen LogP contribution in [-0.2, 0) is 4.79 Å². The largest absolute Gasteiger partial charge is 0.454 e. The Kier molecular flexibility index (Phi) is 4.02. The average molecular weight is 392 g/mol. The number of carbonyl (C=O) groups excluding carboxylic acids is 1. The van der Waals surface area contributed by atoms with Gasteiger partial charge in [0, 0.05) is 18.7 Å². The van der Waals surface area contributed by atoms with E-state index in [-0.39, 0.29) is 18.6 Å². The van der Waals surface area contributed by atoms with Crippen molar-refractivity contribution in [3.63, 3.8) is 0 Å². The van der Waals surface area contributed by atoms with Crippen molar-refractivity contribution in [1.29, 1.82) is 5.26 Å². The van der Waals surface area contributed by atoms with Gasteiger partial charge in [0.15, 0.2) is 22.8 Å². The zero-order chi connectivity index (χ0) is 19.1. The summed E-state index contributed by atoms with van der Waals surface area (Å²) in [5.41, 5.74) is 2.80. The Morgan fingerprint density at radius 1 is 1.29 bits per heavy atom. The number of likely N-dealkylation sites (tertiary alicyclic amines) is 1. The molecule has 0 aliphatic carbocycles. The van der Waals surface area contributed by atoms with Gasteiger partial charge in [0.1, 0.15) is 0 Å². The highest BCUT2D eigenvalue weighted by Crippen LogP contribution is 2.39. The molecule has 3 aromatic rings. The summed E-state index contributed by atoms with van der Waals surface area (Å²) in [5.74, 6) is 1.20. The lowest BCUT2D eigenvalue weighted by molar-refractivity contribution is -0.119. The molecule has 0 spiro atoms. The highest BCUT2D eigenvalue weighted by Gasteiger charge is 2.28. The maximum atomic E-state index is 12.5. The molecule has 5 rings (SSSR count). The van der Waals surface area contributed by atoms with Crippen molar-refractivity contribution in [2.45, 2.75) is 6.42 Å². The predicted molar refractivity (Wildman–Crippen MR) is 105 cm³/mol. The minimum atomic E-state index is -0.181. The van der Waals surface area contributed by atoms with Crippen LogP contribution in [0, 0.1) is 17.4 Å². The van der Waals surface area contributed by atoms with E-state index in [4.69, 9.17) is 14.7 Å². The zero-order valence-corrected chi connectivity index (χ0v) is 15.7. The number of nitrogens with zero attached hydrogens (tertiary/aromatic N) is 3. The van der Waals surface area contributed by atoms with Crippen molar-refractivity contribution >= 4 is 32.6 Å². The van der Waals surface area contributed by atoms with Crippen LogP contribution in [0.3, 0.4) is 0 Å². The number of ether oxygens (including phenoxy) is 2. The highest BCUT2D eigenvalue weighted by atomic mass is 32.1. The third-order valence-corrected chi connectivity index (χ3v) is 5.97. The van der Waals surface area contributed by atoms with Crippen LogP contribution in [0.4, 0.5) is 5.13 Å². The van der Waals surface area contributed by atoms with Gasteiger partial charge in [-0.2, -0.15) is 5.26 Å². The van der Waals surface area contributed by atoms with Crippen LogP contribution in [-0.4, -0.2) is 35.7 Å². The number of hydrogen-bond donors (Lipinski definition) is 1. The first-order valence-electron chi connectivity index (χ1n) is 8.96. The number of benzene rings is 2. The summed E-state index contributed by atoms with van der Waals surface area (Å²) in [6.07, 6.45) is 2.79. The highest BCUT2D eigenvalue weighted by molar-refractivity contribution is 7.22. The maximum absolute atomic E-state index is 12.5. The van der Waals surface area contributed by atoms with E-state index in [1.54, 1.807) is 4.90 Å². The van der Waals surface area contributed by atoms with Crippen molar-refractivity contribution < 1.29 is 14.3 Å². The Morgan fingerprint density at radius 2 is 2.18 bits per heavy atom. The van der Waals surface area contributed by atoms with Crippen LogP contribution >= 0.6 is 11.3 Å². The minimum absolute atomic E-state index is 0.0820. The van der Waals surface area contributed by atoms with Gasteiger partial charge >= 0.3 is 0 Å². The fourth-order valence-electron chi connectivity index (χ4n) is 3.57. The van der Waals surface area contributed by atoms with E-state index in [2.05, 4.69) is 16.5 Å². The van der Waals surface area contributed by atoms with Gasteiger partial charge in [-0.15, -0.1) is 0 Å². The Hall–Kier alpha value is -3.31. The number of anilines is 1. The van der Waals surface area contributed by atoms with E-state index in [0.29, 0.717) is 24.6 Å². The Bertz CT molecular complexity index is 1120. The van der Waals surface area contributed by atoms with Crippen molar-refractivity contribution in [2.75, 3.05) is 25.2 Å². The van der Waals surface area contributed by atoms with Crippen LogP contribution in [0.1, 0.15) is 6.42 Å². The summed E-state index contributed by atoms with van der Waals surface area (Å²) in [6.45, 7) is 1.33. The van der Waals surface area contributed by atoms with Gasteiger partial charge in [-0.05, 0) is 30.2 Å². The summed E-state index contributed by atoms with van der Waals surface area (Å²) in [5, 5.41) is 12.5. The summed E-state index contributed by atoms with van der Waals surface area (Å²) >= 11 is 1.45. The first-order chi connectivity index (χ1) is 13.7. The van der Waals surface area contributed by atoms with Gasteiger partial charge in [0.05, 0.1) is 16.1 Å². The van der Waals surface area contributed by atoms with Crippen molar-refractivity contribution in [2.24, 2.45) is 5.92 Å². The third kappa shape index (κ3) is 2.90. The van der Waals surface area contributed by atoms with Crippen molar-refractivity contribution in [3.8, 4) is 28.8 Å². The molecule has 1 aromatic heterocycles. The summed E-state index contributed by atoms with van der Waals surface area (Å²) < 4.78 is 11.9. The smallest absolute Gasteiger partial charge is 0.231 e. The molecule has 3 heterocycles. The average Bonchev–Trinajstić information content (AvgIpc) is 3.44. The Morgan fingerprint density at radius 3 is 3.04 bits per heavy atom. The van der Waals surface area contributed by atoms with E-state index in [0.717, 1.165) is 32.8 Å². The topological polar surface area (TPSA) is 87.5 Å². The molecule has 1 amide bonds. The first-order valence-corrected chi connectivity index (χ1v) is 9.78. The number of nitrogens with one attached hydrogen (secondary N) is 1. The van der Waals surface area contributed by atoms with Crippen LogP contribution in [0.5, 0.6) is 11.5 Å². The molecule has 0 bridgehead atoms. The molecule has 2 aromatic carbocycles. The van der Waals surface area contributed by atoms with Crippen LogP contribution in [0.15, 0.2) is 36.4 Å². The molecule has 8 heteroatoms. The third-order valence-electron chi connectivity index (χ3n) is 5.03.